The molecule has 0 saturated carbocycles. The van der Waals surface area contributed by atoms with Crippen LogP contribution in [0, 0.1) is 0 Å². The molecular formula is C12H15NO. The molecular weight excluding hydrogens is 174 g/mol. The number of fused-ring (bicyclic) bond motifs is 1. The summed E-state index contributed by atoms with van der Waals surface area (Å²) in [4.78, 5) is 0. The van der Waals surface area contributed by atoms with E-state index < -0.39 is 0 Å². The molecule has 2 heteroatoms. The van der Waals surface area contributed by atoms with Crippen molar-refractivity contribution in [1.82, 2.24) is 0 Å². The molecule has 2 unspecified atom stereocenters. The van der Waals surface area contributed by atoms with Gasteiger partial charge in [0.2, 0.25) is 0 Å². The Morgan fingerprint density at radius 2 is 2.36 bits per heavy atom. The van der Waals surface area contributed by atoms with Crippen LogP contribution in [0.1, 0.15) is 17.9 Å². The van der Waals surface area contributed by atoms with Crippen LogP contribution in [-0.2, 0) is 0 Å². The summed E-state index contributed by atoms with van der Waals surface area (Å²) < 4.78 is 5.56. The molecule has 0 bridgehead atoms. The minimum absolute atomic E-state index is 0.121. The Morgan fingerprint density at radius 3 is 3.14 bits per heavy atom. The van der Waals surface area contributed by atoms with Gasteiger partial charge < -0.3 is 10.5 Å². The Hall–Kier alpha value is -1.28. The molecule has 2 nitrogen and oxygen atoms in total. The van der Waals surface area contributed by atoms with Crippen molar-refractivity contribution in [3.63, 3.8) is 0 Å². The van der Waals surface area contributed by atoms with Gasteiger partial charge in [-0.15, -0.1) is 6.58 Å². The molecule has 2 N–H and O–H groups in total. The highest BCUT2D eigenvalue weighted by atomic mass is 16.5. The van der Waals surface area contributed by atoms with Gasteiger partial charge in [0.25, 0.3) is 0 Å². The van der Waals surface area contributed by atoms with Crippen molar-refractivity contribution >= 4 is 0 Å². The third-order valence-corrected chi connectivity index (χ3v) is 2.69. The molecule has 1 aliphatic heterocycles. The molecule has 0 fully saturated rings. The second-order valence-electron chi connectivity index (χ2n) is 3.64. The summed E-state index contributed by atoms with van der Waals surface area (Å²) in [5.41, 5.74) is 7.29. The minimum Gasteiger partial charge on any atom is -0.493 e. The van der Waals surface area contributed by atoms with Gasteiger partial charge in [-0.3, -0.25) is 0 Å². The zero-order valence-electron chi connectivity index (χ0n) is 8.15. The van der Waals surface area contributed by atoms with Crippen LogP contribution >= 0.6 is 0 Å². The third kappa shape index (κ3) is 1.53. The molecule has 2 atom stereocenters. The van der Waals surface area contributed by atoms with Crippen molar-refractivity contribution in [1.29, 1.82) is 0 Å². The fourth-order valence-electron chi connectivity index (χ4n) is 1.90. The van der Waals surface area contributed by atoms with Crippen molar-refractivity contribution in [2.45, 2.75) is 18.4 Å². The fraction of sp³-hybridized carbons (Fsp3) is 0.333. The Balaban J connectivity index is 2.21. The number of para-hydroxylation sites is 1. The quantitative estimate of drug-likeness (QED) is 0.739. The summed E-state index contributed by atoms with van der Waals surface area (Å²) in [6.45, 7) is 4.41. The normalized spacial score (nSPS) is 21.1. The summed E-state index contributed by atoms with van der Waals surface area (Å²) in [5, 5.41) is 0. The van der Waals surface area contributed by atoms with Gasteiger partial charge in [-0.05, 0) is 12.5 Å². The van der Waals surface area contributed by atoms with Gasteiger partial charge in [-0.25, -0.2) is 0 Å². The topological polar surface area (TPSA) is 35.2 Å². The molecule has 2 rings (SSSR count). The average molecular weight is 189 g/mol. The van der Waals surface area contributed by atoms with Crippen LogP contribution in [-0.4, -0.2) is 12.6 Å². The summed E-state index contributed by atoms with van der Waals surface area (Å²) in [6.07, 6.45) is 2.70. The highest BCUT2D eigenvalue weighted by Crippen LogP contribution is 2.35. The molecule has 0 amide bonds. The molecule has 1 aliphatic rings. The minimum atomic E-state index is 0.121. The van der Waals surface area contributed by atoms with E-state index in [9.17, 15) is 0 Å². The number of hydrogen-bond acceptors (Lipinski definition) is 2. The Bertz CT molecular complexity index is 335. The van der Waals surface area contributed by atoms with Crippen LogP contribution in [0.15, 0.2) is 36.9 Å². The Morgan fingerprint density at radius 1 is 1.57 bits per heavy atom. The highest BCUT2D eigenvalue weighted by molar-refractivity contribution is 5.40. The standard InChI is InChI=1S/C12H15NO/c1-2-5-11(13)10-8-14-12-7-4-3-6-9(10)12/h2-4,6-7,10-11H,1,5,8,13H2. The van der Waals surface area contributed by atoms with E-state index in [0.29, 0.717) is 12.5 Å². The zero-order valence-corrected chi connectivity index (χ0v) is 8.15. The van der Waals surface area contributed by atoms with Crippen molar-refractivity contribution < 1.29 is 4.74 Å². The van der Waals surface area contributed by atoms with E-state index in [0.717, 1.165) is 12.2 Å². The average Bonchev–Trinajstić information content (AvgIpc) is 2.61. The molecule has 0 saturated heterocycles. The smallest absolute Gasteiger partial charge is 0.122 e. The molecule has 14 heavy (non-hydrogen) atoms. The summed E-state index contributed by atoms with van der Waals surface area (Å²) in [5.74, 6) is 1.31. The fourth-order valence-corrected chi connectivity index (χ4v) is 1.90. The first-order valence-corrected chi connectivity index (χ1v) is 4.91. The zero-order chi connectivity index (χ0) is 9.97. The largest absolute Gasteiger partial charge is 0.493 e. The molecule has 74 valence electrons. The van der Waals surface area contributed by atoms with Crippen LogP contribution < -0.4 is 10.5 Å². The first kappa shape index (κ1) is 9.28. The molecule has 1 heterocycles. The van der Waals surface area contributed by atoms with Crippen molar-refractivity contribution in [2.24, 2.45) is 5.73 Å². The lowest BCUT2D eigenvalue weighted by Crippen LogP contribution is -2.28. The Labute approximate surface area is 84.4 Å². The second-order valence-corrected chi connectivity index (χ2v) is 3.64. The SMILES string of the molecule is C=CCC(N)C1COc2ccccc21. The lowest BCUT2D eigenvalue weighted by atomic mass is 9.92. The third-order valence-electron chi connectivity index (χ3n) is 2.69. The second kappa shape index (κ2) is 3.84. The van der Waals surface area contributed by atoms with Crippen molar-refractivity contribution in [3.8, 4) is 5.75 Å². The van der Waals surface area contributed by atoms with Crippen LogP contribution in [0.25, 0.3) is 0 Å². The lowest BCUT2D eigenvalue weighted by molar-refractivity contribution is 0.314. The van der Waals surface area contributed by atoms with Gasteiger partial charge in [-0.1, -0.05) is 24.3 Å². The maximum absolute atomic E-state index is 6.05. The van der Waals surface area contributed by atoms with E-state index in [2.05, 4.69) is 12.6 Å². The molecule has 0 aromatic heterocycles. The van der Waals surface area contributed by atoms with E-state index >= 15 is 0 Å². The van der Waals surface area contributed by atoms with Crippen LogP contribution in [0.5, 0.6) is 5.75 Å². The highest BCUT2D eigenvalue weighted by Gasteiger charge is 2.27. The Kier molecular flexibility index (Phi) is 2.55. The maximum atomic E-state index is 6.05. The maximum Gasteiger partial charge on any atom is 0.122 e. The molecule has 0 radical (unpaired) electrons. The predicted octanol–water partition coefficient (Wildman–Crippen LogP) is 2.07. The molecule has 1 aromatic carbocycles. The van der Waals surface area contributed by atoms with Gasteiger partial charge in [-0.2, -0.15) is 0 Å². The first-order chi connectivity index (χ1) is 6.83. The number of hydrogen-bond donors (Lipinski definition) is 1. The van der Waals surface area contributed by atoms with E-state index in [1.807, 2.05) is 24.3 Å². The molecule has 0 aliphatic carbocycles. The number of ether oxygens (including phenoxy) is 1. The summed E-state index contributed by atoms with van der Waals surface area (Å²) >= 11 is 0. The van der Waals surface area contributed by atoms with Crippen LogP contribution in [0.3, 0.4) is 0 Å². The number of rotatable bonds is 3. The summed E-state index contributed by atoms with van der Waals surface area (Å²) in [7, 11) is 0. The monoisotopic (exact) mass is 189 g/mol. The van der Waals surface area contributed by atoms with E-state index in [-0.39, 0.29) is 6.04 Å². The first-order valence-electron chi connectivity index (χ1n) is 4.91. The van der Waals surface area contributed by atoms with Crippen molar-refractivity contribution in [2.75, 3.05) is 6.61 Å². The number of nitrogens with two attached hydrogens (primary N) is 1. The van der Waals surface area contributed by atoms with E-state index in [1.54, 1.807) is 0 Å². The van der Waals surface area contributed by atoms with Crippen LogP contribution in [0.2, 0.25) is 0 Å². The predicted molar refractivity (Wildman–Crippen MR) is 57.5 cm³/mol. The van der Waals surface area contributed by atoms with E-state index in [1.165, 1.54) is 5.56 Å². The lowest BCUT2D eigenvalue weighted by Gasteiger charge is -2.15. The van der Waals surface area contributed by atoms with Crippen LogP contribution in [0.4, 0.5) is 0 Å². The van der Waals surface area contributed by atoms with Gasteiger partial charge in [0.1, 0.15) is 5.75 Å². The van der Waals surface area contributed by atoms with Gasteiger partial charge in [0, 0.05) is 17.5 Å². The van der Waals surface area contributed by atoms with Gasteiger partial charge >= 0.3 is 0 Å². The van der Waals surface area contributed by atoms with Gasteiger partial charge in [0.15, 0.2) is 0 Å². The van der Waals surface area contributed by atoms with Gasteiger partial charge in [0.05, 0.1) is 6.61 Å². The number of benzene rings is 1. The molecule has 1 aromatic rings. The van der Waals surface area contributed by atoms with E-state index in [4.69, 9.17) is 10.5 Å². The molecule has 0 spiro atoms. The van der Waals surface area contributed by atoms with Crippen molar-refractivity contribution in [3.05, 3.63) is 42.5 Å². The summed E-state index contributed by atoms with van der Waals surface area (Å²) in [6, 6.07) is 8.23.